The van der Waals surface area contributed by atoms with Gasteiger partial charge in [-0.2, -0.15) is 0 Å². The van der Waals surface area contributed by atoms with E-state index in [0.29, 0.717) is 28.5 Å². The Morgan fingerprint density at radius 3 is 2.54 bits per heavy atom. The van der Waals surface area contributed by atoms with Crippen LogP contribution in [0.2, 0.25) is 5.02 Å². The lowest BCUT2D eigenvalue weighted by molar-refractivity contribution is -0.119. The number of aryl methyl sites for hydroxylation is 1. The fourth-order valence-electron chi connectivity index (χ4n) is 2.39. The molecular formula is C18H22ClN3O3S. The zero-order valence-electron chi connectivity index (χ0n) is 14.8. The Kier molecular flexibility index (Phi) is 6.63. The summed E-state index contributed by atoms with van der Waals surface area (Å²) in [6, 6.07) is 11.2. The molecule has 0 bridgehead atoms. The number of rotatable bonds is 7. The van der Waals surface area contributed by atoms with Crippen molar-refractivity contribution in [2.75, 3.05) is 23.6 Å². The lowest BCUT2D eigenvalue weighted by Gasteiger charge is -2.15. The first-order valence-electron chi connectivity index (χ1n) is 8.07. The maximum absolute atomic E-state index is 12.7. The first kappa shape index (κ1) is 20.2. The van der Waals surface area contributed by atoms with Crippen molar-refractivity contribution in [3.05, 3.63) is 53.1 Å². The minimum atomic E-state index is -3.82. The van der Waals surface area contributed by atoms with Gasteiger partial charge in [0.25, 0.3) is 10.0 Å². The van der Waals surface area contributed by atoms with E-state index in [1.54, 1.807) is 51.2 Å². The molecule has 0 heterocycles. The minimum Gasteiger partial charge on any atom is -0.326 e. The molecule has 0 saturated heterocycles. The predicted octanol–water partition coefficient (Wildman–Crippen LogP) is 3.24. The Labute approximate surface area is 159 Å². The molecule has 2 aromatic rings. The standard InChI is InChI=1S/C18H22ClN3O3S/c1-12-7-8-15(21-18(23)13(2)11-20-3)10-17(12)26(24,25)22-16-6-4-5-14(19)9-16/h4-10,13,20,22H,11H2,1-3H3,(H,21,23). The molecule has 1 atom stereocenters. The number of benzene rings is 2. The maximum Gasteiger partial charge on any atom is 0.262 e. The van der Waals surface area contributed by atoms with E-state index in [1.807, 2.05) is 0 Å². The number of sulfonamides is 1. The molecule has 140 valence electrons. The third kappa shape index (κ3) is 5.20. The molecule has 2 rings (SSSR count). The summed E-state index contributed by atoms with van der Waals surface area (Å²) < 4.78 is 28.0. The highest BCUT2D eigenvalue weighted by atomic mass is 35.5. The highest BCUT2D eigenvalue weighted by molar-refractivity contribution is 7.92. The summed E-state index contributed by atoms with van der Waals surface area (Å²) in [4.78, 5) is 12.2. The molecule has 0 fully saturated rings. The molecule has 26 heavy (non-hydrogen) atoms. The van der Waals surface area contributed by atoms with Crippen LogP contribution in [-0.4, -0.2) is 27.9 Å². The summed E-state index contributed by atoms with van der Waals surface area (Å²) in [5.74, 6) is -0.430. The van der Waals surface area contributed by atoms with Crippen LogP contribution in [0.4, 0.5) is 11.4 Å². The number of hydrogen-bond donors (Lipinski definition) is 3. The predicted molar refractivity (Wildman–Crippen MR) is 105 cm³/mol. The van der Waals surface area contributed by atoms with Crippen molar-refractivity contribution < 1.29 is 13.2 Å². The first-order chi connectivity index (χ1) is 12.2. The van der Waals surface area contributed by atoms with Gasteiger partial charge in [0.15, 0.2) is 0 Å². The Balaban J connectivity index is 2.27. The highest BCUT2D eigenvalue weighted by Crippen LogP contribution is 2.24. The van der Waals surface area contributed by atoms with Gasteiger partial charge in [-0.3, -0.25) is 9.52 Å². The lowest BCUT2D eigenvalue weighted by Crippen LogP contribution is -2.28. The fraction of sp³-hybridized carbons (Fsp3) is 0.278. The van der Waals surface area contributed by atoms with E-state index in [4.69, 9.17) is 11.6 Å². The third-order valence-electron chi connectivity index (χ3n) is 3.78. The van der Waals surface area contributed by atoms with E-state index in [9.17, 15) is 13.2 Å². The summed E-state index contributed by atoms with van der Waals surface area (Å²) in [7, 11) is -2.06. The lowest BCUT2D eigenvalue weighted by atomic mass is 10.1. The van der Waals surface area contributed by atoms with E-state index >= 15 is 0 Å². The molecule has 0 aromatic heterocycles. The number of nitrogens with one attached hydrogen (secondary N) is 3. The van der Waals surface area contributed by atoms with Crippen LogP contribution >= 0.6 is 11.6 Å². The van der Waals surface area contributed by atoms with Crippen LogP contribution in [0.5, 0.6) is 0 Å². The van der Waals surface area contributed by atoms with Gasteiger partial charge in [0, 0.05) is 23.2 Å². The molecule has 1 unspecified atom stereocenters. The smallest absolute Gasteiger partial charge is 0.262 e. The van der Waals surface area contributed by atoms with Gasteiger partial charge in [0.1, 0.15) is 0 Å². The Bertz CT molecular complexity index is 900. The van der Waals surface area contributed by atoms with Crippen LogP contribution in [0.3, 0.4) is 0 Å². The zero-order chi connectivity index (χ0) is 19.3. The monoisotopic (exact) mass is 395 g/mol. The average Bonchev–Trinajstić information content (AvgIpc) is 2.56. The van der Waals surface area contributed by atoms with E-state index in [1.165, 1.54) is 12.1 Å². The normalized spacial score (nSPS) is 12.5. The van der Waals surface area contributed by atoms with Crippen molar-refractivity contribution in [1.29, 1.82) is 0 Å². The zero-order valence-corrected chi connectivity index (χ0v) is 16.4. The molecular weight excluding hydrogens is 374 g/mol. The van der Waals surface area contributed by atoms with Crippen molar-refractivity contribution in [2.24, 2.45) is 5.92 Å². The van der Waals surface area contributed by atoms with E-state index in [2.05, 4.69) is 15.4 Å². The maximum atomic E-state index is 12.7. The quantitative estimate of drug-likeness (QED) is 0.671. The fourth-order valence-corrected chi connectivity index (χ4v) is 3.91. The molecule has 0 radical (unpaired) electrons. The van der Waals surface area contributed by atoms with Crippen molar-refractivity contribution in [1.82, 2.24) is 5.32 Å². The topological polar surface area (TPSA) is 87.3 Å². The molecule has 1 amide bonds. The molecule has 2 aromatic carbocycles. The Hall–Kier alpha value is -2.09. The summed E-state index contributed by atoms with van der Waals surface area (Å²) in [6.45, 7) is 4.01. The van der Waals surface area contributed by atoms with Gasteiger partial charge >= 0.3 is 0 Å². The average molecular weight is 396 g/mol. The number of halogens is 1. The Morgan fingerprint density at radius 2 is 1.88 bits per heavy atom. The van der Waals surface area contributed by atoms with Crippen LogP contribution in [0.25, 0.3) is 0 Å². The molecule has 8 heteroatoms. The first-order valence-corrected chi connectivity index (χ1v) is 9.93. The highest BCUT2D eigenvalue weighted by Gasteiger charge is 2.19. The summed E-state index contributed by atoms with van der Waals surface area (Å²) in [5, 5.41) is 6.11. The molecule has 3 N–H and O–H groups in total. The summed E-state index contributed by atoms with van der Waals surface area (Å²) >= 11 is 5.90. The van der Waals surface area contributed by atoms with E-state index < -0.39 is 10.0 Å². The molecule has 0 aliphatic heterocycles. The number of carbonyl (C=O) groups is 1. The molecule has 6 nitrogen and oxygen atoms in total. The van der Waals surface area contributed by atoms with Crippen LogP contribution in [0, 0.1) is 12.8 Å². The van der Waals surface area contributed by atoms with E-state index in [0.717, 1.165) is 0 Å². The van der Waals surface area contributed by atoms with Crippen molar-refractivity contribution in [3.63, 3.8) is 0 Å². The van der Waals surface area contributed by atoms with Crippen LogP contribution < -0.4 is 15.4 Å². The molecule has 0 saturated carbocycles. The van der Waals surface area contributed by atoms with Gasteiger partial charge in [-0.25, -0.2) is 8.42 Å². The van der Waals surface area contributed by atoms with Crippen LogP contribution in [-0.2, 0) is 14.8 Å². The minimum absolute atomic E-state index is 0.0940. The van der Waals surface area contributed by atoms with E-state index in [-0.39, 0.29) is 16.7 Å². The van der Waals surface area contributed by atoms with Crippen molar-refractivity contribution in [2.45, 2.75) is 18.7 Å². The van der Waals surface area contributed by atoms with Crippen molar-refractivity contribution in [3.8, 4) is 0 Å². The van der Waals surface area contributed by atoms with Crippen molar-refractivity contribution >= 4 is 38.9 Å². The number of amides is 1. The number of carbonyl (C=O) groups excluding carboxylic acids is 1. The number of hydrogen-bond acceptors (Lipinski definition) is 4. The summed E-state index contributed by atoms with van der Waals surface area (Å²) in [6.07, 6.45) is 0. The second-order valence-electron chi connectivity index (χ2n) is 6.04. The Morgan fingerprint density at radius 1 is 1.15 bits per heavy atom. The SMILES string of the molecule is CNCC(C)C(=O)Nc1ccc(C)c(S(=O)(=O)Nc2cccc(Cl)c2)c1. The molecule has 0 aliphatic carbocycles. The second-order valence-corrected chi connectivity index (χ2v) is 8.13. The van der Waals surface area contributed by atoms with Gasteiger partial charge in [0.05, 0.1) is 10.6 Å². The molecule has 0 aliphatic rings. The largest absolute Gasteiger partial charge is 0.326 e. The number of anilines is 2. The van der Waals surface area contributed by atoms with Gasteiger partial charge in [-0.15, -0.1) is 0 Å². The van der Waals surface area contributed by atoms with Gasteiger partial charge in [-0.05, 0) is 49.9 Å². The van der Waals surface area contributed by atoms with Gasteiger partial charge in [-0.1, -0.05) is 30.7 Å². The van der Waals surface area contributed by atoms with Gasteiger partial charge in [0.2, 0.25) is 5.91 Å². The van der Waals surface area contributed by atoms with Crippen LogP contribution in [0.15, 0.2) is 47.4 Å². The third-order valence-corrected chi connectivity index (χ3v) is 5.54. The second kappa shape index (κ2) is 8.53. The molecule has 0 spiro atoms. The summed E-state index contributed by atoms with van der Waals surface area (Å²) in [5.41, 5.74) is 1.37. The van der Waals surface area contributed by atoms with Gasteiger partial charge < -0.3 is 10.6 Å². The van der Waals surface area contributed by atoms with Crippen LogP contribution in [0.1, 0.15) is 12.5 Å².